The van der Waals surface area contributed by atoms with Crippen molar-refractivity contribution in [3.8, 4) is 0 Å². The number of fused-ring (bicyclic) bond motifs is 1. The smallest absolute Gasteiger partial charge is 0.238 e. The first-order valence-corrected chi connectivity index (χ1v) is 6.74. The predicted octanol–water partition coefficient (Wildman–Crippen LogP) is 2.80. The van der Waals surface area contributed by atoms with Gasteiger partial charge in [0.2, 0.25) is 5.95 Å². The molecule has 0 saturated carbocycles. The number of furan rings is 1. The Morgan fingerprint density at radius 1 is 1.16 bits per heavy atom. The molecule has 2 heterocycles. The normalized spacial score (nSPS) is 10.8. The highest BCUT2D eigenvalue weighted by Gasteiger charge is 2.08. The Hall–Kier alpha value is -2.05. The first-order chi connectivity index (χ1) is 9.36. The molecule has 2 aromatic heterocycles. The standard InChI is InChI=1S/C13H12N4OS/c14-17-13-15-11-6-2-1-5-10(11)12(16-13)19-8-9-4-3-7-18-9/h1-7H,8,14H2,(H,15,16,17). The monoisotopic (exact) mass is 272 g/mol. The lowest BCUT2D eigenvalue weighted by atomic mass is 10.2. The highest BCUT2D eigenvalue weighted by Crippen LogP contribution is 2.28. The maximum absolute atomic E-state index is 5.40. The fourth-order valence-electron chi connectivity index (χ4n) is 1.76. The molecule has 0 spiro atoms. The minimum atomic E-state index is 0.417. The summed E-state index contributed by atoms with van der Waals surface area (Å²) in [6, 6.07) is 11.7. The van der Waals surface area contributed by atoms with Crippen molar-refractivity contribution in [1.82, 2.24) is 9.97 Å². The average molecular weight is 272 g/mol. The summed E-state index contributed by atoms with van der Waals surface area (Å²) in [5.74, 6) is 7.45. The summed E-state index contributed by atoms with van der Waals surface area (Å²) in [4.78, 5) is 8.71. The summed E-state index contributed by atoms with van der Waals surface area (Å²) in [6.07, 6.45) is 1.67. The van der Waals surface area contributed by atoms with Gasteiger partial charge in [-0.05, 0) is 18.2 Å². The number of nitrogens with zero attached hydrogens (tertiary/aromatic N) is 2. The second-order valence-corrected chi connectivity index (χ2v) is 4.85. The van der Waals surface area contributed by atoms with Crippen LogP contribution in [0.4, 0.5) is 5.95 Å². The van der Waals surface area contributed by atoms with E-state index in [9.17, 15) is 0 Å². The molecule has 0 amide bonds. The van der Waals surface area contributed by atoms with Crippen molar-refractivity contribution < 1.29 is 4.42 Å². The molecule has 0 atom stereocenters. The molecular weight excluding hydrogens is 260 g/mol. The molecule has 0 radical (unpaired) electrons. The molecule has 3 rings (SSSR count). The third kappa shape index (κ3) is 2.54. The van der Waals surface area contributed by atoms with E-state index in [-0.39, 0.29) is 0 Å². The number of hydrogen-bond donors (Lipinski definition) is 2. The topological polar surface area (TPSA) is 77.0 Å². The number of thioether (sulfide) groups is 1. The summed E-state index contributed by atoms with van der Waals surface area (Å²) in [6.45, 7) is 0. The van der Waals surface area contributed by atoms with Crippen LogP contribution in [0.5, 0.6) is 0 Å². The van der Waals surface area contributed by atoms with Crippen LogP contribution in [0.2, 0.25) is 0 Å². The zero-order valence-electron chi connectivity index (χ0n) is 10.0. The van der Waals surface area contributed by atoms with Crippen molar-refractivity contribution in [2.45, 2.75) is 10.8 Å². The lowest BCUT2D eigenvalue weighted by Crippen LogP contribution is -2.10. The summed E-state index contributed by atoms with van der Waals surface area (Å²) in [5.41, 5.74) is 3.36. The van der Waals surface area contributed by atoms with Gasteiger partial charge in [0.15, 0.2) is 0 Å². The van der Waals surface area contributed by atoms with Gasteiger partial charge in [-0.1, -0.05) is 30.0 Å². The van der Waals surface area contributed by atoms with Crippen LogP contribution in [0.15, 0.2) is 52.1 Å². The maximum atomic E-state index is 5.40. The van der Waals surface area contributed by atoms with Crippen molar-refractivity contribution in [2.24, 2.45) is 5.84 Å². The van der Waals surface area contributed by atoms with Gasteiger partial charge in [0, 0.05) is 5.39 Å². The van der Waals surface area contributed by atoms with Crippen molar-refractivity contribution in [3.63, 3.8) is 0 Å². The highest BCUT2D eigenvalue weighted by molar-refractivity contribution is 7.98. The van der Waals surface area contributed by atoms with Crippen LogP contribution in [-0.2, 0) is 5.75 Å². The van der Waals surface area contributed by atoms with Gasteiger partial charge in [-0.2, -0.15) is 0 Å². The molecule has 0 bridgehead atoms. The van der Waals surface area contributed by atoms with E-state index in [1.54, 1.807) is 18.0 Å². The van der Waals surface area contributed by atoms with Crippen LogP contribution in [0, 0.1) is 0 Å². The molecule has 6 heteroatoms. The molecule has 5 nitrogen and oxygen atoms in total. The Labute approximate surface area is 114 Å². The molecule has 0 aliphatic rings. The van der Waals surface area contributed by atoms with E-state index in [1.165, 1.54) is 0 Å². The van der Waals surface area contributed by atoms with Gasteiger partial charge >= 0.3 is 0 Å². The molecule has 3 N–H and O–H groups in total. The summed E-state index contributed by atoms with van der Waals surface area (Å²) < 4.78 is 5.32. The first kappa shape index (κ1) is 12.0. The Bertz CT molecular complexity index is 684. The zero-order chi connectivity index (χ0) is 13.1. The van der Waals surface area contributed by atoms with E-state index in [0.717, 1.165) is 27.4 Å². The lowest BCUT2D eigenvalue weighted by molar-refractivity contribution is 0.530. The summed E-state index contributed by atoms with van der Waals surface area (Å²) in [7, 11) is 0. The van der Waals surface area contributed by atoms with E-state index in [4.69, 9.17) is 10.3 Å². The van der Waals surface area contributed by atoms with Crippen LogP contribution in [0.1, 0.15) is 5.76 Å². The Kier molecular flexibility index (Phi) is 3.35. The second kappa shape index (κ2) is 5.29. The van der Waals surface area contributed by atoms with E-state index in [0.29, 0.717) is 5.95 Å². The number of nitrogen functional groups attached to an aromatic ring is 1. The number of benzene rings is 1. The van der Waals surface area contributed by atoms with Gasteiger partial charge in [-0.25, -0.2) is 15.8 Å². The summed E-state index contributed by atoms with van der Waals surface area (Å²) >= 11 is 1.60. The number of para-hydroxylation sites is 1. The number of hydrazine groups is 1. The number of nitrogens with one attached hydrogen (secondary N) is 1. The van der Waals surface area contributed by atoms with Crippen LogP contribution in [0.25, 0.3) is 10.9 Å². The minimum Gasteiger partial charge on any atom is -0.468 e. The molecule has 0 fully saturated rings. The van der Waals surface area contributed by atoms with Gasteiger partial charge in [0.25, 0.3) is 0 Å². The third-order valence-corrected chi connectivity index (χ3v) is 3.64. The van der Waals surface area contributed by atoms with Crippen molar-refractivity contribution in [3.05, 3.63) is 48.4 Å². The molecular formula is C13H12N4OS. The Balaban J connectivity index is 1.96. The van der Waals surface area contributed by atoms with E-state index in [1.807, 2.05) is 36.4 Å². The molecule has 0 aliphatic heterocycles. The summed E-state index contributed by atoms with van der Waals surface area (Å²) in [5, 5.41) is 1.90. The number of hydrogen-bond acceptors (Lipinski definition) is 6. The Morgan fingerprint density at radius 2 is 2.05 bits per heavy atom. The average Bonchev–Trinajstić information content (AvgIpc) is 2.97. The largest absolute Gasteiger partial charge is 0.468 e. The van der Waals surface area contributed by atoms with Gasteiger partial charge < -0.3 is 4.42 Å². The fraction of sp³-hybridized carbons (Fsp3) is 0.0769. The highest BCUT2D eigenvalue weighted by atomic mass is 32.2. The third-order valence-electron chi connectivity index (χ3n) is 2.63. The van der Waals surface area contributed by atoms with Crippen molar-refractivity contribution in [2.75, 3.05) is 5.43 Å². The van der Waals surface area contributed by atoms with Crippen molar-refractivity contribution >= 4 is 28.6 Å². The minimum absolute atomic E-state index is 0.417. The van der Waals surface area contributed by atoms with Crippen LogP contribution >= 0.6 is 11.8 Å². The first-order valence-electron chi connectivity index (χ1n) is 5.75. The van der Waals surface area contributed by atoms with Gasteiger partial charge in [0.05, 0.1) is 17.5 Å². The molecule has 3 aromatic rings. The number of anilines is 1. The lowest BCUT2D eigenvalue weighted by Gasteiger charge is -2.06. The van der Waals surface area contributed by atoms with Crippen LogP contribution in [0.3, 0.4) is 0 Å². The number of rotatable bonds is 4. The second-order valence-electron chi connectivity index (χ2n) is 3.88. The number of nitrogens with two attached hydrogens (primary N) is 1. The molecule has 19 heavy (non-hydrogen) atoms. The Morgan fingerprint density at radius 3 is 2.84 bits per heavy atom. The molecule has 0 aliphatic carbocycles. The van der Waals surface area contributed by atoms with Crippen LogP contribution in [-0.4, -0.2) is 9.97 Å². The molecule has 0 saturated heterocycles. The fourth-order valence-corrected chi connectivity index (χ4v) is 2.68. The quantitative estimate of drug-likeness (QED) is 0.329. The zero-order valence-corrected chi connectivity index (χ0v) is 10.9. The molecule has 96 valence electrons. The van der Waals surface area contributed by atoms with E-state index < -0.39 is 0 Å². The van der Waals surface area contributed by atoms with Gasteiger partial charge in [-0.15, -0.1) is 0 Å². The SMILES string of the molecule is NNc1nc(SCc2ccco2)c2ccccc2n1. The van der Waals surface area contributed by atoms with Crippen LogP contribution < -0.4 is 11.3 Å². The maximum Gasteiger partial charge on any atom is 0.238 e. The van der Waals surface area contributed by atoms with E-state index >= 15 is 0 Å². The molecule has 1 aromatic carbocycles. The van der Waals surface area contributed by atoms with Gasteiger partial charge in [0.1, 0.15) is 10.8 Å². The van der Waals surface area contributed by atoms with E-state index in [2.05, 4.69) is 15.4 Å². The molecule has 0 unspecified atom stereocenters. The predicted molar refractivity (Wildman–Crippen MR) is 75.6 cm³/mol. The van der Waals surface area contributed by atoms with Crippen molar-refractivity contribution in [1.29, 1.82) is 0 Å². The van der Waals surface area contributed by atoms with Gasteiger partial charge in [-0.3, -0.25) is 5.43 Å². The number of aromatic nitrogens is 2.